The smallest absolute Gasteiger partial charge is 0.262 e. The fourth-order valence-electron chi connectivity index (χ4n) is 3.86. The van der Waals surface area contributed by atoms with Crippen LogP contribution in [0.2, 0.25) is 5.02 Å². The Morgan fingerprint density at radius 3 is 2.50 bits per heavy atom. The number of hydrogen-bond acceptors (Lipinski definition) is 4. The zero-order valence-electron chi connectivity index (χ0n) is 18.7. The van der Waals surface area contributed by atoms with Gasteiger partial charge in [-0.3, -0.25) is 9.59 Å². The van der Waals surface area contributed by atoms with Crippen molar-refractivity contribution in [3.8, 4) is 5.75 Å². The quantitative estimate of drug-likeness (QED) is 0.544. The highest BCUT2D eigenvalue weighted by Crippen LogP contribution is 2.32. The van der Waals surface area contributed by atoms with E-state index in [0.717, 1.165) is 27.7 Å². The molecule has 0 radical (unpaired) electrons. The van der Waals surface area contributed by atoms with Gasteiger partial charge in [-0.1, -0.05) is 24.6 Å². The number of anilines is 2. The van der Waals surface area contributed by atoms with Crippen LogP contribution in [-0.2, 0) is 9.59 Å². The number of rotatable bonds is 7. The average molecular weight is 523 g/mol. The van der Waals surface area contributed by atoms with Gasteiger partial charge in [0.2, 0.25) is 5.91 Å². The Kier molecular flexibility index (Phi) is 8.43. The number of halogens is 2. The number of amides is 2. The summed E-state index contributed by atoms with van der Waals surface area (Å²) in [6, 6.07) is 9.43. The first-order chi connectivity index (χ1) is 15.3. The zero-order valence-corrected chi connectivity index (χ0v) is 21.1. The molecule has 0 saturated carbocycles. The Balaban J connectivity index is 1.65. The molecule has 8 heteroatoms. The van der Waals surface area contributed by atoms with Crippen LogP contribution in [0.5, 0.6) is 5.75 Å². The molecule has 0 aliphatic carbocycles. The van der Waals surface area contributed by atoms with Crippen LogP contribution in [0.4, 0.5) is 11.4 Å². The molecular weight excluding hydrogens is 494 g/mol. The molecule has 2 amide bonds. The second kappa shape index (κ2) is 11.1. The van der Waals surface area contributed by atoms with Gasteiger partial charge in [0.15, 0.2) is 6.61 Å². The predicted octanol–water partition coefficient (Wildman–Crippen LogP) is 5.19. The minimum Gasteiger partial charge on any atom is -0.482 e. The SMILES string of the molecule is CCCC(=O)N1CCN(c2ccc(Cl)cc2NC(=O)COc2c(C)cc(C)cc2Br)CC1. The van der Waals surface area contributed by atoms with E-state index in [2.05, 4.69) is 26.1 Å². The molecule has 1 N–H and O–H groups in total. The highest BCUT2D eigenvalue weighted by Gasteiger charge is 2.23. The molecule has 0 spiro atoms. The lowest BCUT2D eigenvalue weighted by molar-refractivity contribution is -0.131. The maximum absolute atomic E-state index is 12.7. The highest BCUT2D eigenvalue weighted by atomic mass is 79.9. The third-order valence-electron chi connectivity index (χ3n) is 5.39. The minimum atomic E-state index is -0.267. The van der Waals surface area contributed by atoms with Gasteiger partial charge < -0.3 is 19.9 Å². The molecule has 1 heterocycles. The molecule has 3 rings (SSSR count). The Morgan fingerprint density at radius 2 is 1.84 bits per heavy atom. The second-order valence-corrected chi connectivity index (χ2v) is 9.30. The van der Waals surface area contributed by atoms with Crippen molar-refractivity contribution in [3.63, 3.8) is 0 Å². The first-order valence-corrected chi connectivity index (χ1v) is 12.0. The lowest BCUT2D eigenvalue weighted by Crippen LogP contribution is -2.49. The molecule has 32 heavy (non-hydrogen) atoms. The van der Waals surface area contributed by atoms with Crippen LogP contribution in [-0.4, -0.2) is 49.5 Å². The van der Waals surface area contributed by atoms with Gasteiger partial charge in [0.25, 0.3) is 5.91 Å². The monoisotopic (exact) mass is 521 g/mol. The van der Waals surface area contributed by atoms with Gasteiger partial charge in [-0.25, -0.2) is 0 Å². The normalized spacial score (nSPS) is 13.8. The van der Waals surface area contributed by atoms with Gasteiger partial charge in [0.1, 0.15) is 5.75 Å². The number of hydrogen-bond donors (Lipinski definition) is 1. The summed E-state index contributed by atoms with van der Waals surface area (Å²) in [4.78, 5) is 28.9. The minimum absolute atomic E-state index is 0.117. The van der Waals surface area contributed by atoms with Crippen molar-refractivity contribution in [3.05, 3.63) is 51.0 Å². The first kappa shape index (κ1) is 24.4. The van der Waals surface area contributed by atoms with Gasteiger partial charge in [-0.15, -0.1) is 0 Å². The summed E-state index contributed by atoms with van der Waals surface area (Å²) in [5.41, 5.74) is 3.60. The fraction of sp³-hybridized carbons (Fsp3) is 0.417. The molecule has 0 bridgehead atoms. The molecule has 2 aromatic carbocycles. The maximum Gasteiger partial charge on any atom is 0.262 e. The number of carbonyl (C=O) groups is 2. The van der Waals surface area contributed by atoms with Crippen molar-refractivity contribution in [1.82, 2.24) is 4.90 Å². The second-order valence-electron chi connectivity index (χ2n) is 8.01. The molecule has 0 aromatic heterocycles. The zero-order chi connectivity index (χ0) is 23.3. The third-order valence-corrected chi connectivity index (χ3v) is 6.21. The van der Waals surface area contributed by atoms with Crippen molar-refractivity contribution >= 4 is 50.7 Å². The first-order valence-electron chi connectivity index (χ1n) is 10.8. The Labute approximate surface area is 203 Å². The number of ether oxygens (including phenoxy) is 1. The molecule has 172 valence electrons. The fourth-order valence-corrected chi connectivity index (χ4v) is 4.82. The number of carbonyl (C=O) groups excluding carboxylic acids is 2. The van der Waals surface area contributed by atoms with E-state index in [9.17, 15) is 9.59 Å². The van der Waals surface area contributed by atoms with Gasteiger partial charge in [0, 0.05) is 37.6 Å². The summed E-state index contributed by atoms with van der Waals surface area (Å²) in [6.45, 7) is 8.59. The predicted molar refractivity (Wildman–Crippen MR) is 133 cm³/mol. The van der Waals surface area contributed by atoms with E-state index in [1.165, 1.54) is 0 Å². The van der Waals surface area contributed by atoms with Crippen LogP contribution in [0.25, 0.3) is 0 Å². The molecule has 1 aliphatic rings. The Hall–Kier alpha value is -2.25. The van der Waals surface area contributed by atoms with E-state index in [4.69, 9.17) is 16.3 Å². The largest absolute Gasteiger partial charge is 0.482 e. The van der Waals surface area contributed by atoms with Crippen molar-refractivity contribution in [1.29, 1.82) is 0 Å². The van der Waals surface area contributed by atoms with E-state index in [0.29, 0.717) is 49.1 Å². The number of aryl methyl sites for hydroxylation is 2. The van der Waals surface area contributed by atoms with E-state index in [1.807, 2.05) is 49.9 Å². The van der Waals surface area contributed by atoms with Crippen molar-refractivity contribution in [2.45, 2.75) is 33.6 Å². The molecule has 1 aliphatic heterocycles. The van der Waals surface area contributed by atoms with E-state index < -0.39 is 0 Å². The molecular formula is C24H29BrClN3O3. The molecule has 1 saturated heterocycles. The Bertz CT molecular complexity index is 967. The van der Waals surface area contributed by atoms with Gasteiger partial charge in [-0.05, 0) is 71.6 Å². The van der Waals surface area contributed by atoms with Gasteiger partial charge >= 0.3 is 0 Å². The van der Waals surface area contributed by atoms with Gasteiger partial charge in [-0.2, -0.15) is 0 Å². The van der Waals surface area contributed by atoms with Gasteiger partial charge in [0.05, 0.1) is 15.8 Å². The van der Waals surface area contributed by atoms with Crippen molar-refractivity contribution < 1.29 is 14.3 Å². The molecule has 2 aromatic rings. The number of piperazine rings is 1. The number of nitrogens with zero attached hydrogens (tertiary/aromatic N) is 2. The van der Waals surface area contributed by atoms with E-state index in [-0.39, 0.29) is 18.4 Å². The lowest BCUT2D eigenvalue weighted by Gasteiger charge is -2.37. The van der Waals surface area contributed by atoms with Crippen LogP contribution in [0.1, 0.15) is 30.9 Å². The topological polar surface area (TPSA) is 61.9 Å². The summed E-state index contributed by atoms with van der Waals surface area (Å²) in [6.07, 6.45) is 1.44. The third kappa shape index (κ3) is 6.17. The number of benzene rings is 2. The summed E-state index contributed by atoms with van der Waals surface area (Å²) >= 11 is 9.71. The number of nitrogens with one attached hydrogen (secondary N) is 1. The van der Waals surface area contributed by atoms with Crippen LogP contribution < -0.4 is 15.0 Å². The van der Waals surface area contributed by atoms with Crippen LogP contribution >= 0.6 is 27.5 Å². The summed E-state index contributed by atoms with van der Waals surface area (Å²) in [5, 5.41) is 3.48. The van der Waals surface area contributed by atoms with Crippen LogP contribution in [0.15, 0.2) is 34.8 Å². The van der Waals surface area contributed by atoms with Crippen molar-refractivity contribution in [2.24, 2.45) is 0 Å². The molecule has 0 unspecified atom stereocenters. The van der Waals surface area contributed by atoms with E-state index >= 15 is 0 Å². The van der Waals surface area contributed by atoms with Crippen LogP contribution in [0, 0.1) is 13.8 Å². The molecule has 1 fully saturated rings. The van der Waals surface area contributed by atoms with E-state index in [1.54, 1.807) is 6.07 Å². The molecule has 6 nitrogen and oxygen atoms in total. The summed E-state index contributed by atoms with van der Waals surface area (Å²) in [5.74, 6) is 0.591. The average Bonchev–Trinajstić information content (AvgIpc) is 2.73. The summed E-state index contributed by atoms with van der Waals surface area (Å²) in [7, 11) is 0. The maximum atomic E-state index is 12.7. The Morgan fingerprint density at radius 1 is 1.12 bits per heavy atom. The standard InChI is InChI=1S/C24H29BrClN3O3/c1-4-5-23(31)29-10-8-28(9-11-29)21-7-6-18(26)14-20(21)27-22(30)15-32-24-17(3)12-16(2)13-19(24)25/h6-7,12-14H,4-5,8-11,15H2,1-3H3,(H,27,30). The highest BCUT2D eigenvalue weighted by molar-refractivity contribution is 9.10. The van der Waals surface area contributed by atoms with Crippen LogP contribution in [0.3, 0.4) is 0 Å². The lowest BCUT2D eigenvalue weighted by atomic mass is 10.1. The molecule has 0 atom stereocenters. The summed E-state index contributed by atoms with van der Waals surface area (Å²) < 4.78 is 6.61. The van der Waals surface area contributed by atoms with Crippen molar-refractivity contribution in [2.75, 3.05) is 43.0 Å².